The van der Waals surface area contributed by atoms with E-state index in [0.29, 0.717) is 0 Å². The van der Waals surface area contributed by atoms with E-state index in [9.17, 15) is 4.79 Å². The molecule has 15 heavy (non-hydrogen) atoms. The minimum absolute atomic E-state index is 0.192. The van der Waals surface area contributed by atoms with E-state index >= 15 is 0 Å². The average molecular weight is 265 g/mol. The van der Waals surface area contributed by atoms with Crippen molar-refractivity contribution >= 4 is 15.9 Å². The fourth-order valence-electron chi connectivity index (χ4n) is 1.33. The molecule has 0 radical (unpaired) electrons. The number of aromatic amines is 1. The van der Waals surface area contributed by atoms with Crippen LogP contribution in [0.4, 0.5) is 0 Å². The number of nitrogens with zero attached hydrogens (tertiary/aromatic N) is 1. The van der Waals surface area contributed by atoms with E-state index in [4.69, 9.17) is 0 Å². The molecule has 0 fully saturated rings. The maximum Gasteiger partial charge on any atom is 0.264 e. The summed E-state index contributed by atoms with van der Waals surface area (Å²) in [7, 11) is 0. The molecule has 0 spiro atoms. The summed E-state index contributed by atoms with van der Waals surface area (Å²) >= 11 is 3.45. The van der Waals surface area contributed by atoms with Gasteiger partial charge in [0.05, 0.1) is 5.69 Å². The molecule has 0 amide bonds. The quantitative estimate of drug-likeness (QED) is 0.861. The van der Waals surface area contributed by atoms with Crippen molar-refractivity contribution in [2.45, 2.75) is 6.92 Å². The molecule has 0 atom stereocenters. The number of hydrogen-bond donors (Lipinski definition) is 1. The normalized spacial score (nSPS) is 10.3. The van der Waals surface area contributed by atoms with Crippen LogP contribution in [0.3, 0.4) is 0 Å². The maximum absolute atomic E-state index is 10.9. The highest BCUT2D eigenvalue weighted by molar-refractivity contribution is 9.10. The van der Waals surface area contributed by atoms with Crippen molar-refractivity contribution in [2.75, 3.05) is 0 Å². The zero-order valence-corrected chi connectivity index (χ0v) is 9.71. The van der Waals surface area contributed by atoms with Crippen LogP contribution in [-0.4, -0.2) is 10.2 Å². The fourth-order valence-corrected chi connectivity index (χ4v) is 1.78. The predicted molar refractivity (Wildman–Crippen MR) is 62.7 cm³/mol. The Morgan fingerprint density at radius 3 is 2.73 bits per heavy atom. The van der Waals surface area contributed by atoms with Crippen LogP contribution in [0.5, 0.6) is 0 Å². The van der Waals surface area contributed by atoms with E-state index < -0.39 is 0 Å². The first-order valence-corrected chi connectivity index (χ1v) is 5.28. The van der Waals surface area contributed by atoms with Crippen LogP contribution in [-0.2, 0) is 0 Å². The van der Waals surface area contributed by atoms with Crippen molar-refractivity contribution in [2.24, 2.45) is 0 Å². The molecular formula is C11H9BrN2O. The summed E-state index contributed by atoms with van der Waals surface area (Å²) in [6.45, 7) is 2.02. The third kappa shape index (κ3) is 2.15. The van der Waals surface area contributed by atoms with Crippen LogP contribution >= 0.6 is 15.9 Å². The lowest BCUT2D eigenvalue weighted by atomic mass is 10.1. The number of hydrogen-bond acceptors (Lipinski definition) is 2. The van der Waals surface area contributed by atoms with Gasteiger partial charge in [-0.25, -0.2) is 5.10 Å². The SMILES string of the molecule is Cc1ccc(Br)c(-c2ccc(=O)[nH]n2)c1. The molecule has 1 N–H and O–H groups in total. The van der Waals surface area contributed by atoms with E-state index in [0.717, 1.165) is 21.3 Å². The molecule has 76 valence electrons. The Morgan fingerprint density at radius 1 is 1.27 bits per heavy atom. The average Bonchev–Trinajstić information content (AvgIpc) is 2.23. The van der Waals surface area contributed by atoms with E-state index in [1.165, 1.54) is 6.07 Å². The van der Waals surface area contributed by atoms with Crippen LogP contribution in [0.1, 0.15) is 5.56 Å². The van der Waals surface area contributed by atoms with E-state index in [1.807, 2.05) is 25.1 Å². The molecule has 0 aliphatic rings. The summed E-state index contributed by atoms with van der Waals surface area (Å²) in [6, 6.07) is 9.18. The monoisotopic (exact) mass is 264 g/mol. The topological polar surface area (TPSA) is 45.8 Å². The highest BCUT2D eigenvalue weighted by Crippen LogP contribution is 2.26. The van der Waals surface area contributed by atoms with Crippen LogP contribution in [0.25, 0.3) is 11.3 Å². The van der Waals surface area contributed by atoms with Crippen molar-refractivity contribution in [1.82, 2.24) is 10.2 Å². The molecule has 0 aliphatic carbocycles. The second-order valence-electron chi connectivity index (χ2n) is 3.29. The zero-order chi connectivity index (χ0) is 10.8. The molecule has 0 bridgehead atoms. The minimum Gasteiger partial charge on any atom is -0.268 e. The molecule has 1 aromatic heterocycles. The summed E-state index contributed by atoms with van der Waals surface area (Å²) in [4.78, 5) is 10.9. The van der Waals surface area contributed by atoms with Gasteiger partial charge < -0.3 is 0 Å². The Hall–Kier alpha value is -1.42. The lowest BCUT2D eigenvalue weighted by molar-refractivity contribution is 0.994. The lowest BCUT2D eigenvalue weighted by Crippen LogP contribution is -2.05. The van der Waals surface area contributed by atoms with Gasteiger partial charge in [0.25, 0.3) is 5.56 Å². The number of benzene rings is 1. The first-order chi connectivity index (χ1) is 7.16. The number of aryl methyl sites for hydroxylation is 1. The van der Waals surface area contributed by atoms with Crippen LogP contribution in [0.15, 0.2) is 39.6 Å². The molecule has 0 saturated heterocycles. The van der Waals surface area contributed by atoms with E-state index in [1.54, 1.807) is 6.07 Å². The van der Waals surface area contributed by atoms with Crippen LogP contribution in [0, 0.1) is 6.92 Å². The van der Waals surface area contributed by atoms with Crippen molar-refractivity contribution in [3.8, 4) is 11.3 Å². The zero-order valence-electron chi connectivity index (χ0n) is 8.12. The number of rotatable bonds is 1. The largest absolute Gasteiger partial charge is 0.268 e. The van der Waals surface area contributed by atoms with Crippen molar-refractivity contribution in [3.63, 3.8) is 0 Å². The van der Waals surface area contributed by atoms with Gasteiger partial charge >= 0.3 is 0 Å². The van der Waals surface area contributed by atoms with Gasteiger partial charge in [0.1, 0.15) is 0 Å². The number of nitrogens with one attached hydrogen (secondary N) is 1. The Balaban J connectivity index is 2.58. The highest BCUT2D eigenvalue weighted by atomic mass is 79.9. The molecule has 0 unspecified atom stereocenters. The van der Waals surface area contributed by atoms with Gasteiger partial charge in [0.2, 0.25) is 0 Å². The van der Waals surface area contributed by atoms with Crippen LogP contribution in [0.2, 0.25) is 0 Å². The predicted octanol–water partition coefficient (Wildman–Crippen LogP) is 2.51. The number of H-pyrrole nitrogens is 1. The van der Waals surface area contributed by atoms with Gasteiger partial charge in [-0.2, -0.15) is 5.10 Å². The summed E-state index contributed by atoms with van der Waals surface area (Å²) in [5.74, 6) is 0. The molecule has 2 rings (SSSR count). The van der Waals surface area contributed by atoms with Gasteiger partial charge in [0, 0.05) is 16.1 Å². The molecule has 2 aromatic rings. The fraction of sp³-hybridized carbons (Fsp3) is 0.0909. The smallest absolute Gasteiger partial charge is 0.264 e. The van der Waals surface area contributed by atoms with E-state index in [-0.39, 0.29) is 5.56 Å². The Morgan fingerprint density at radius 2 is 2.07 bits per heavy atom. The summed E-state index contributed by atoms with van der Waals surface area (Å²) in [5, 5.41) is 6.40. The molecule has 0 aliphatic heterocycles. The van der Waals surface area contributed by atoms with Gasteiger partial charge in [-0.3, -0.25) is 4.79 Å². The van der Waals surface area contributed by atoms with E-state index in [2.05, 4.69) is 26.1 Å². The Kier molecular flexibility index (Phi) is 2.68. The van der Waals surface area contributed by atoms with Gasteiger partial charge in [-0.15, -0.1) is 0 Å². The third-order valence-corrected chi connectivity index (χ3v) is 2.77. The molecule has 3 nitrogen and oxygen atoms in total. The lowest BCUT2D eigenvalue weighted by Gasteiger charge is -2.03. The maximum atomic E-state index is 10.9. The molecule has 0 saturated carbocycles. The van der Waals surface area contributed by atoms with Gasteiger partial charge in [0.15, 0.2) is 0 Å². The standard InChI is InChI=1S/C11H9BrN2O/c1-7-2-3-9(12)8(6-7)10-4-5-11(15)14-13-10/h2-6H,1H3,(H,14,15). The first-order valence-electron chi connectivity index (χ1n) is 4.49. The number of halogens is 1. The molecule has 1 aromatic carbocycles. The van der Waals surface area contributed by atoms with Crippen molar-refractivity contribution < 1.29 is 0 Å². The second kappa shape index (κ2) is 3.98. The molecular weight excluding hydrogens is 256 g/mol. The molecule has 1 heterocycles. The Bertz CT molecular complexity index is 528. The Labute approximate surface area is 95.3 Å². The first kappa shape index (κ1) is 10.1. The van der Waals surface area contributed by atoms with Gasteiger partial charge in [-0.05, 0) is 25.1 Å². The van der Waals surface area contributed by atoms with Gasteiger partial charge in [-0.1, -0.05) is 27.6 Å². The minimum atomic E-state index is -0.192. The third-order valence-electron chi connectivity index (χ3n) is 2.08. The van der Waals surface area contributed by atoms with Crippen LogP contribution < -0.4 is 5.56 Å². The second-order valence-corrected chi connectivity index (χ2v) is 4.14. The summed E-state index contributed by atoms with van der Waals surface area (Å²) < 4.78 is 0.965. The molecule has 4 heteroatoms. The summed E-state index contributed by atoms with van der Waals surface area (Å²) in [5.41, 5.74) is 2.69. The summed E-state index contributed by atoms with van der Waals surface area (Å²) in [6.07, 6.45) is 0. The van der Waals surface area contributed by atoms with Crippen molar-refractivity contribution in [3.05, 3.63) is 50.7 Å². The van der Waals surface area contributed by atoms with Crippen molar-refractivity contribution in [1.29, 1.82) is 0 Å². The highest BCUT2D eigenvalue weighted by Gasteiger charge is 2.04. The number of aromatic nitrogens is 2.